The van der Waals surface area contributed by atoms with Gasteiger partial charge in [-0.2, -0.15) is 0 Å². The molecule has 0 saturated carbocycles. The van der Waals surface area contributed by atoms with Gasteiger partial charge in [0.1, 0.15) is 0 Å². The predicted octanol–water partition coefficient (Wildman–Crippen LogP) is 16.8. The lowest BCUT2D eigenvalue weighted by Gasteiger charge is -2.27. The second-order valence-electron chi connectivity index (χ2n) is 15.7. The number of anilines is 3. The molecule has 0 radical (unpaired) electrons. The highest BCUT2D eigenvalue weighted by molar-refractivity contribution is 7.26. The molecule has 0 saturated heterocycles. The van der Waals surface area contributed by atoms with Crippen molar-refractivity contribution >= 4 is 81.1 Å². The van der Waals surface area contributed by atoms with Crippen molar-refractivity contribution in [2.24, 2.45) is 0 Å². The quantitative estimate of drug-likeness (QED) is 0.156. The third-order valence-corrected chi connectivity index (χ3v) is 13.4. The maximum absolute atomic E-state index is 2.44. The van der Waals surface area contributed by atoms with Gasteiger partial charge in [-0.05, 0) is 111 Å². The van der Waals surface area contributed by atoms with Crippen molar-refractivity contribution in [3.05, 3.63) is 231 Å². The SMILES string of the molecule is c1cc(-c2ccc(-c3ccc(N(c4cccc(-n5c6ccccc6c6ccccc65)c4)c4cccc5c4sc4ccccc45)cc3)cc2)cc(-c2ccc3ccccc3c2)c1. The Morgan fingerprint density at radius 3 is 1.62 bits per heavy atom. The predicted molar refractivity (Wildman–Crippen MR) is 262 cm³/mol. The first-order valence-corrected chi connectivity index (χ1v) is 21.6. The van der Waals surface area contributed by atoms with Crippen molar-refractivity contribution in [3.63, 3.8) is 0 Å². The van der Waals surface area contributed by atoms with Crippen LogP contribution in [0.15, 0.2) is 231 Å². The molecule has 10 aromatic carbocycles. The Morgan fingerprint density at radius 1 is 0.328 bits per heavy atom. The molecule has 12 rings (SSSR count). The average Bonchev–Trinajstić information content (AvgIpc) is 3.89. The van der Waals surface area contributed by atoms with Gasteiger partial charge in [0, 0.05) is 43.3 Å². The second-order valence-corrected chi connectivity index (χ2v) is 16.8. The highest BCUT2D eigenvalue weighted by atomic mass is 32.1. The van der Waals surface area contributed by atoms with Gasteiger partial charge in [-0.3, -0.25) is 0 Å². The molecule has 0 unspecified atom stereocenters. The van der Waals surface area contributed by atoms with Gasteiger partial charge in [0.15, 0.2) is 0 Å². The fraction of sp³-hybridized carbons (Fsp3) is 0. The first-order chi connectivity index (χ1) is 30.2. The highest BCUT2D eigenvalue weighted by Crippen LogP contribution is 2.46. The molecular formula is C58H38N2S. The summed E-state index contributed by atoms with van der Waals surface area (Å²) in [5.41, 5.74) is 14.1. The molecule has 2 nitrogen and oxygen atoms in total. The van der Waals surface area contributed by atoms with E-state index in [1.807, 2.05) is 11.3 Å². The van der Waals surface area contributed by atoms with Crippen LogP contribution < -0.4 is 4.90 Å². The number of hydrogen-bond acceptors (Lipinski definition) is 2. The molecule has 0 bridgehead atoms. The zero-order valence-electron chi connectivity index (χ0n) is 33.2. The van der Waals surface area contributed by atoms with E-state index < -0.39 is 0 Å². The standard InChI is InChI=1S/C58H38N2S/c1-2-13-43-37-46(31-30-39(43)12-1)45-15-9-14-44(36-45)42-28-26-40(27-29-42)41-32-34-47(35-33-41)59(56-24-11-21-53-52-20-5-8-25-57(52)61-58(53)56)48-16-10-17-49(38-48)60-54-22-6-3-18-50(54)51-19-4-7-23-55(51)60/h1-38H. The Hall–Kier alpha value is -7.72. The monoisotopic (exact) mass is 794 g/mol. The molecule has 0 aliphatic rings. The summed E-state index contributed by atoms with van der Waals surface area (Å²) < 4.78 is 4.97. The van der Waals surface area contributed by atoms with Gasteiger partial charge in [0.2, 0.25) is 0 Å². The summed E-state index contributed by atoms with van der Waals surface area (Å²) in [6.45, 7) is 0. The van der Waals surface area contributed by atoms with Crippen molar-refractivity contribution in [2.45, 2.75) is 0 Å². The largest absolute Gasteiger partial charge is 0.309 e. The Bertz CT molecular complexity index is 3540. The smallest absolute Gasteiger partial charge is 0.0640 e. The van der Waals surface area contributed by atoms with Crippen LogP contribution in [0.4, 0.5) is 17.1 Å². The molecule has 0 amide bonds. The number of para-hydroxylation sites is 2. The molecule has 0 fully saturated rings. The second kappa shape index (κ2) is 14.5. The average molecular weight is 795 g/mol. The maximum Gasteiger partial charge on any atom is 0.0640 e. The number of hydrogen-bond donors (Lipinski definition) is 0. The fourth-order valence-electron chi connectivity index (χ4n) is 9.21. The van der Waals surface area contributed by atoms with Crippen molar-refractivity contribution in [1.29, 1.82) is 0 Å². The van der Waals surface area contributed by atoms with E-state index in [0.29, 0.717) is 0 Å². The minimum atomic E-state index is 1.10. The summed E-state index contributed by atoms with van der Waals surface area (Å²) in [6.07, 6.45) is 0. The zero-order chi connectivity index (χ0) is 40.3. The summed E-state index contributed by atoms with van der Waals surface area (Å²) in [4.78, 5) is 2.44. The molecule has 2 aromatic heterocycles. The molecular weight excluding hydrogens is 757 g/mol. The van der Waals surface area contributed by atoms with Gasteiger partial charge < -0.3 is 9.47 Å². The molecule has 61 heavy (non-hydrogen) atoms. The van der Waals surface area contributed by atoms with E-state index in [4.69, 9.17) is 0 Å². The lowest BCUT2D eigenvalue weighted by atomic mass is 9.96. The highest BCUT2D eigenvalue weighted by Gasteiger charge is 2.20. The van der Waals surface area contributed by atoms with Crippen LogP contribution in [0.1, 0.15) is 0 Å². The molecule has 0 atom stereocenters. The molecule has 2 heterocycles. The van der Waals surface area contributed by atoms with E-state index in [-0.39, 0.29) is 0 Å². The Kier molecular flexibility index (Phi) is 8.39. The summed E-state index contributed by atoms with van der Waals surface area (Å²) >= 11 is 1.86. The zero-order valence-corrected chi connectivity index (χ0v) is 34.1. The number of thiophene rings is 1. The van der Waals surface area contributed by atoms with E-state index in [9.17, 15) is 0 Å². The number of aromatic nitrogens is 1. The summed E-state index contributed by atoms with van der Waals surface area (Å²) in [6, 6.07) is 84.2. The maximum atomic E-state index is 2.44. The van der Waals surface area contributed by atoms with Gasteiger partial charge in [-0.15, -0.1) is 11.3 Å². The van der Waals surface area contributed by atoms with Crippen LogP contribution in [0.5, 0.6) is 0 Å². The fourth-order valence-corrected chi connectivity index (χ4v) is 10.4. The van der Waals surface area contributed by atoms with Gasteiger partial charge in [0.25, 0.3) is 0 Å². The molecule has 0 spiro atoms. The molecule has 3 heteroatoms. The summed E-state index contributed by atoms with van der Waals surface area (Å²) in [7, 11) is 0. The minimum absolute atomic E-state index is 1.10. The Morgan fingerprint density at radius 2 is 0.869 bits per heavy atom. The topological polar surface area (TPSA) is 8.17 Å². The van der Waals surface area contributed by atoms with E-state index >= 15 is 0 Å². The van der Waals surface area contributed by atoms with Crippen molar-refractivity contribution in [2.75, 3.05) is 4.90 Å². The van der Waals surface area contributed by atoms with Crippen LogP contribution in [-0.4, -0.2) is 4.57 Å². The summed E-state index contributed by atoms with van der Waals surface area (Å²) in [5.74, 6) is 0. The number of rotatable bonds is 7. The first-order valence-electron chi connectivity index (χ1n) is 20.8. The summed E-state index contributed by atoms with van der Waals surface area (Å²) in [5, 5.41) is 7.61. The number of benzene rings is 10. The molecule has 0 aliphatic heterocycles. The van der Waals surface area contributed by atoms with Gasteiger partial charge in [-0.1, -0.05) is 164 Å². The van der Waals surface area contributed by atoms with Crippen molar-refractivity contribution < 1.29 is 0 Å². The van der Waals surface area contributed by atoms with Crippen LogP contribution in [0, 0.1) is 0 Å². The van der Waals surface area contributed by atoms with Gasteiger partial charge in [-0.25, -0.2) is 0 Å². The third kappa shape index (κ3) is 6.09. The van der Waals surface area contributed by atoms with Crippen LogP contribution in [0.25, 0.3) is 91.8 Å². The van der Waals surface area contributed by atoms with Gasteiger partial charge >= 0.3 is 0 Å². The van der Waals surface area contributed by atoms with Crippen LogP contribution in [-0.2, 0) is 0 Å². The van der Waals surface area contributed by atoms with Gasteiger partial charge in [0.05, 0.1) is 21.4 Å². The van der Waals surface area contributed by atoms with Crippen LogP contribution >= 0.6 is 11.3 Å². The first kappa shape index (κ1) is 35.2. The number of nitrogens with zero attached hydrogens (tertiary/aromatic N) is 2. The molecule has 0 aliphatic carbocycles. The van der Waals surface area contributed by atoms with Crippen molar-refractivity contribution in [1.82, 2.24) is 4.57 Å². The lowest BCUT2D eigenvalue weighted by molar-refractivity contribution is 1.17. The molecule has 12 aromatic rings. The lowest BCUT2D eigenvalue weighted by Crippen LogP contribution is -2.10. The van der Waals surface area contributed by atoms with E-state index in [1.54, 1.807) is 0 Å². The van der Waals surface area contributed by atoms with E-state index in [2.05, 4.69) is 240 Å². The molecule has 0 N–H and O–H groups in total. The molecule has 286 valence electrons. The van der Waals surface area contributed by atoms with E-state index in [0.717, 1.165) is 17.1 Å². The van der Waals surface area contributed by atoms with Crippen LogP contribution in [0.3, 0.4) is 0 Å². The van der Waals surface area contributed by atoms with E-state index in [1.165, 1.54) is 91.8 Å². The van der Waals surface area contributed by atoms with Crippen LogP contribution in [0.2, 0.25) is 0 Å². The third-order valence-electron chi connectivity index (χ3n) is 12.2. The van der Waals surface area contributed by atoms with Crippen molar-refractivity contribution in [3.8, 4) is 39.1 Å². The number of fused-ring (bicyclic) bond motifs is 7. The normalized spacial score (nSPS) is 11.6. The Labute approximate surface area is 358 Å². The minimum Gasteiger partial charge on any atom is -0.309 e. The Balaban J connectivity index is 0.927.